The largest absolute Gasteiger partial charge is 0.398 e. The van der Waals surface area contributed by atoms with E-state index in [-0.39, 0.29) is 16.8 Å². The molecular weight excluding hydrogens is 258 g/mol. The summed E-state index contributed by atoms with van der Waals surface area (Å²) in [6, 6.07) is 2.23. The molecule has 2 aliphatic rings. The number of imide groups is 1. The summed E-state index contributed by atoms with van der Waals surface area (Å²) < 4.78 is 31.8. The molecule has 1 atom stereocenters. The van der Waals surface area contributed by atoms with E-state index in [1.807, 2.05) is 0 Å². The van der Waals surface area contributed by atoms with Gasteiger partial charge in [0.05, 0.1) is 11.1 Å². The Morgan fingerprint density at radius 1 is 1.35 bits per heavy atom. The van der Waals surface area contributed by atoms with Crippen molar-refractivity contribution in [3.63, 3.8) is 0 Å². The molecule has 0 aromatic heterocycles. The maximum absolute atomic E-state index is 12.6. The second kappa shape index (κ2) is 4.19. The number of benzene rings is 1. The average molecular weight is 275 g/mol. The van der Waals surface area contributed by atoms with Crippen molar-refractivity contribution in [1.29, 1.82) is 0 Å². The molecule has 102 valence electrons. The molecule has 0 spiro atoms. The SMILES string of the molecule is [2H]C1([2H])C(=C)NC(=O)[C@@H](N2C(=O)c3cccc(N)c3C2=O)C1([2H])[2H]. The van der Waals surface area contributed by atoms with Crippen molar-refractivity contribution in [2.75, 3.05) is 5.73 Å². The van der Waals surface area contributed by atoms with Gasteiger partial charge in [-0.25, -0.2) is 0 Å². The molecule has 1 fully saturated rings. The standard InChI is InChI=1S/C14H13N3O3/c1-7-5-6-10(12(18)16-7)17-13(19)8-3-2-4-9(15)11(8)14(17)20/h2-4,10H,1,5-6,15H2,(H,16,18)/t10-/m0/s1/i5D2,6D2. The predicted octanol–water partition coefficient (Wildman–Crippen LogP) is 0.657. The number of hydrogen-bond acceptors (Lipinski definition) is 4. The first-order valence-electron chi connectivity index (χ1n) is 7.78. The summed E-state index contributed by atoms with van der Waals surface area (Å²) in [4.78, 5) is 37.8. The highest BCUT2D eigenvalue weighted by Gasteiger charge is 2.44. The van der Waals surface area contributed by atoms with Gasteiger partial charge < -0.3 is 11.1 Å². The van der Waals surface area contributed by atoms with Gasteiger partial charge in [0, 0.05) is 16.9 Å². The second-order valence-electron chi connectivity index (χ2n) is 4.39. The fourth-order valence-electron chi connectivity index (χ4n) is 2.22. The van der Waals surface area contributed by atoms with Crippen LogP contribution in [-0.4, -0.2) is 28.7 Å². The molecule has 3 N–H and O–H groups in total. The monoisotopic (exact) mass is 275 g/mol. The maximum atomic E-state index is 12.6. The Labute approximate surface area is 120 Å². The lowest BCUT2D eigenvalue weighted by atomic mass is 10.0. The molecule has 0 bridgehead atoms. The Balaban J connectivity index is 2.14. The van der Waals surface area contributed by atoms with E-state index in [0.29, 0.717) is 4.90 Å². The van der Waals surface area contributed by atoms with Gasteiger partial charge in [0.2, 0.25) is 5.91 Å². The Bertz CT molecular complexity index is 821. The third kappa shape index (κ3) is 1.61. The van der Waals surface area contributed by atoms with Gasteiger partial charge in [0.15, 0.2) is 0 Å². The van der Waals surface area contributed by atoms with E-state index in [0.717, 1.165) is 0 Å². The van der Waals surface area contributed by atoms with Crippen LogP contribution in [0.25, 0.3) is 0 Å². The number of allylic oxidation sites excluding steroid dienone is 1. The Kier molecular flexibility index (Phi) is 1.79. The molecule has 0 saturated carbocycles. The summed E-state index contributed by atoms with van der Waals surface area (Å²) in [6.45, 7) is 3.31. The van der Waals surface area contributed by atoms with Crippen molar-refractivity contribution >= 4 is 23.4 Å². The van der Waals surface area contributed by atoms with Crippen LogP contribution in [0.2, 0.25) is 0 Å². The van der Waals surface area contributed by atoms with Crippen molar-refractivity contribution in [3.05, 3.63) is 41.6 Å². The van der Waals surface area contributed by atoms with Gasteiger partial charge in [-0.05, 0) is 24.9 Å². The topological polar surface area (TPSA) is 92.5 Å². The van der Waals surface area contributed by atoms with Crippen LogP contribution in [0.4, 0.5) is 5.69 Å². The van der Waals surface area contributed by atoms with E-state index in [1.54, 1.807) is 0 Å². The molecule has 0 unspecified atom stereocenters. The smallest absolute Gasteiger partial charge is 0.264 e. The zero-order valence-electron chi connectivity index (χ0n) is 14.3. The number of carbonyl (C=O) groups is 3. The number of rotatable bonds is 1. The zero-order chi connectivity index (χ0) is 18.0. The van der Waals surface area contributed by atoms with Crippen molar-refractivity contribution in [2.24, 2.45) is 0 Å². The minimum absolute atomic E-state index is 0.0255. The zero-order valence-corrected chi connectivity index (χ0v) is 10.3. The highest BCUT2D eigenvalue weighted by atomic mass is 16.2. The lowest BCUT2D eigenvalue weighted by Crippen LogP contribution is -2.51. The Hall–Kier alpha value is -2.63. The number of nitrogens with zero attached hydrogens (tertiary/aromatic N) is 1. The summed E-state index contributed by atoms with van der Waals surface area (Å²) in [7, 11) is 0. The lowest BCUT2D eigenvalue weighted by molar-refractivity contribution is -0.125. The van der Waals surface area contributed by atoms with Crippen LogP contribution >= 0.6 is 0 Å². The first-order chi connectivity index (χ1) is 11.0. The molecule has 1 aromatic carbocycles. The minimum atomic E-state index is -2.87. The molecule has 6 nitrogen and oxygen atoms in total. The van der Waals surface area contributed by atoms with E-state index < -0.39 is 42.2 Å². The number of amides is 3. The summed E-state index contributed by atoms with van der Waals surface area (Å²) in [5.41, 5.74) is 5.11. The third-order valence-corrected chi connectivity index (χ3v) is 3.12. The van der Waals surface area contributed by atoms with Crippen LogP contribution in [0.3, 0.4) is 0 Å². The predicted molar refractivity (Wildman–Crippen MR) is 71.7 cm³/mol. The highest BCUT2D eigenvalue weighted by molar-refractivity contribution is 6.25. The number of anilines is 1. The second-order valence-corrected chi connectivity index (χ2v) is 4.39. The molecule has 0 radical (unpaired) electrons. The number of piperidine rings is 1. The molecule has 1 aromatic rings. The molecule has 1 saturated heterocycles. The molecule has 20 heavy (non-hydrogen) atoms. The Morgan fingerprint density at radius 2 is 2.10 bits per heavy atom. The normalized spacial score (nSPS) is 30.0. The van der Waals surface area contributed by atoms with E-state index in [9.17, 15) is 14.4 Å². The van der Waals surface area contributed by atoms with E-state index in [2.05, 4.69) is 11.9 Å². The number of nitrogen functional groups attached to an aromatic ring is 1. The Morgan fingerprint density at radius 3 is 2.80 bits per heavy atom. The number of carbonyl (C=O) groups excluding carboxylic acids is 3. The number of nitrogens with one attached hydrogen (secondary N) is 1. The number of fused-ring (bicyclic) bond motifs is 1. The number of nitrogens with two attached hydrogens (primary N) is 1. The van der Waals surface area contributed by atoms with Crippen LogP contribution in [0.15, 0.2) is 30.5 Å². The summed E-state index contributed by atoms with van der Waals surface area (Å²) in [6.07, 6.45) is -5.54. The molecule has 2 aliphatic heterocycles. The third-order valence-electron chi connectivity index (χ3n) is 3.12. The van der Waals surface area contributed by atoms with Crippen molar-refractivity contribution < 1.29 is 19.9 Å². The first kappa shape index (κ1) is 8.52. The minimum Gasteiger partial charge on any atom is -0.398 e. The van der Waals surface area contributed by atoms with Crippen molar-refractivity contribution in [2.45, 2.75) is 18.8 Å². The number of hydrogen-bond donors (Lipinski definition) is 2. The quantitative estimate of drug-likeness (QED) is 0.581. The van der Waals surface area contributed by atoms with Crippen LogP contribution in [0.1, 0.15) is 38.9 Å². The molecule has 2 heterocycles. The molecular formula is C14H13N3O3. The van der Waals surface area contributed by atoms with Crippen molar-refractivity contribution in [3.8, 4) is 0 Å². The fraction of sp³-hybridized carbons (Fsp3) is 0.214. The van der Waals surface area contributed by atoms with Crippen molar-refractivity contribution in [1.82, 2.24) is 10.2 Å². The summed E-state index contributed by atoms with van der Waals surface area (Å²) in [5.74, 6) is -2.84. The lowest BCUT2D eigenvalue weighted by Gasteiger charge is -2.29. The van der Waals surface area contributed by atoms with Gasteiger partial charge in [-0.1, -0.05) is 12.6 Å². The van der Waals surface area contributed by atoms with E-state index >= 15 is 0 Å². The summed E-state index contributed by atoms with van der Waals surface area (Å²) >= 11 is 0. The molecule has 3 rings (SSSR count). The van der Waals surface area contributed by atoms with E-state index in [1.165, 1.54) is 18.2 Å². The van der Waals surface area contributed by atoms with Gasteiger partial charge in [-0.3, -0.25) is 19.3 Å². The molecule has 3 amide bonds. The first-order valence-corrected chi connectivity index (χ1v) is 5.78. The fourth-order valence-corrected chi connectivity index (χ4v) is 2.22. The average Bonchev–Trinajstić information content (AvgIpc) is 2.72. The van der Waals surface area contributed by atoms with Gasteiger partial charge in [-0.15, -0.1) is 0 Å². The van der Waals surface area contributed by atoms with Crippen LogP contribution in [0.5, 0.6) is 0 Å². The van der Waals surface area contributed by atoms with Gasteiger partial charge >= 0.3 is 0 Å². The van der Waals surface area contributed by atoms with Crippen LogP contribution < -0.4 is 11.1 Å². The maximum Gasteiger partial charge on any atom is 0.264 e. The highest BCUT2D eigenvalue weighted by Crippen LogP contribution is 2.31. The van der Waals surface area contributed by atoms with Gasteiger partial charge in [0.25, 0.3) is 11.8 Å². The molecule has 6 heteroatoms. The van der Waals surface area contributed by atoms with Crippen LogP contribution in [0, 0.1) is 0 Å². The molecule has 0 aliphatic carbocycles. The summed E-state index contributed by atoms with van der Waals surface area (Å²) in [5, 5.41) is 2.11. The van der Waals surface area contributed by atoms with Gasteiger partial charge in [0.1, 0.15) is 6.04 Å². The van der Waals surface area contributed by atoms with Crippen LogP contribution in [-0.2, 0) is 4.79 Å². The van der Waals surface area contributed by atoms with E-state index in [4.69, 9.17) is 11.2 Å². The van der Waals surface area contributed by atoms with Gasteiger partial charge in [-0.2, -0.15) is 0 Å².